The molecule has 1 unspecified atom stereocenters. The van der Waals surface area contributed by atoms with Gasteiger partial charge in [0.15, 0.2) is 5.82 Å². The average Bonchev–Trinajstić information content (AvgIpc) is 3.73. The highest BCUT2D eigenvalue weighted by molar-refractivity contribution is 5.86. The lowest BCUT2D eigenvalue weighted by atomic mass is 9.71. The second-order valence-electron chi connectivity index (χ2n) is 14.8. The zero-order valence-corrected chi connectivity index (χ0v) is 25.4. The van der Waals surface area contributed by atoms with E-state index in [9.17, 15) is 8.78 Å². The van der Waals surface area contributed by atoms with Gasteiger partial charge in [0.1, 0.15) is 16.8 Å². The van der Waals surface area contributed by atoms with E-state index in [4.69, 9.17) is 10.5 Å². The molecule has 11 heteroatoms. The molecular formula is C32H42F2N8O. The van der Waals surface area contributed by atoms with Crippen molar-refractivity contribution in [2.75, 3.05) is 50.9 Å². The van der Waals surface area contributed by atoms with Gasteiger partial charge in [-0.3, -0.25) is 14.5 Å². The Hall–Kier alpha value is -3.05. The van der Waals surface area contributed by atoms with E-state index < -0.39 is 11.3 Å². The minimum atomic E-state index is -2.48. The SMILES string of the molecule is COc1cc(CN2CC3(C2)CN(C(C)C2(C)CC2)C3)ccc1Cn1ncc2nc(N)nc(NCC3CC4(C3)CC4(F)F)c21. The Labute approximate surface area is 251 Å². The number of benzene rings is 1. The molecule has 43 heavy (non-hydrogen) atoms. The highest BCUT2D eigenvalue weighted by Crippen LogP contribution is 2.72. The Morgan fingerprint density at radius 2 is 1.86 bits per heavy atom. The number of nitrogen functional groups attached to an aromatic ring is 1. The lowest BCUT2D eigenvalue weighted by Crippen LogP contribution is -2.73. The van der Waals surface area contributed by atoms with Crippen molar-refractivity contribution in [3.05, 3.63) is 35.5 Å². The number of fused-ring (bicyclic) bond motifs is 1. The van der Waals surface area contributed by atoms with E-state index in [-0.39, 0.29) is 18.3 Å². The van der Waals surface area contributed by atoms with Crippen LogP contribution in [0, 0.1) is 22.2 Å². The van der Waals surface area contributed by atoms with Crippen molar-refractivity contribution < 1.29 is 13.5 Å². The summed E-state index contributed by atoms with van der Waals surface area (Å²) in [5, 5.41) is 7.96. The third-order valence-corrected chi connectivity index (χ3v) is 11.5. The van der Waals surface area contributed by atoms with Gasteiger partial charge >= 0.3 is 0 Å². The number of hydrogen-bond donors (Lipinski definition) is 2. The molecule has 4 heterocycles. The zero-order valence-electron chi connectivity index (χ0n) is 25.4. The molecule has 230 valence electrons. The number of nitrogens with one attached hydrogen (secondary N) is 1. The summed E-state index contributed by atoms with van der Waals surface area (Å²) in [6.45, 7) is 11.6. The molecule has 2 aromatic heterocycles. The van der Waals surface area contributed by atoms with Crippen LogP contribution in [0.3, 0.4) is 0 Å². The van der Waals surface area contributed by atoms with Crippen molar-refractivity contribution in [2.45, 2.75) is 71.0 Å². The average molecular weight is 593 g/mol. The van der Waals surface area contributed by atoms with Crippen molar-refractivity contribution in [2.24, 2.45) is 22.2 Å². The largest absolute Gasteiger partial charge is 0.496 e. The van der Waals surface area contributed by atoms with Gasteiger partial charge in [0.25, 0.3) is 5.92 Å². The monoisotopic (exact) mass is 592 g/mol. The number of ether oxygens (including phenoxy) is 1. The quantitative estimate of drug-likeness (QED) is 0.352. The molecule has 3 aromatic rings. The maximum Gasteiger partial charge on any atom is 0.254 e. The number of nitrogens with two attached hydrogens (primary N) is 1. The number of anilines is 2. The van der Waals surface area contributed by atoms with Crippen molar-refractivity contribution in [3.8, 4) is 5.75 Å². The molecular weight excluding hydrogens is 550 g/mol. The molecule has 3 aliphatic carbocycles. The van der Waals surface area contributed by atoms with Gasteiger partial charge in [-0.25, -0.2) is 13.8 Å². The van der Waals surface area contributed by atoms with E-state index in [2.05, 4.69) is 62.2 Å². The van der Waals surface area contributed by atoms with E-state index in [0.717, 1.165) is 23.4 Å². The molecule has 1 aromatic carbocycles. The van der Waals surface area contributed by atoms with Crippen LogP contribution >= 0.6 is 0 Å². The summed E-state index contributed by atoms with van der Waals surface area (Å²) in [4.78, 5) is 14.1. The normalized spacial score (nSPS) is 28.7. The third kappa shape index (κ3) is 4.56. The Balaban J connectivity index is 0.911. The Morgan fingerprint density at radius 3 is 2.53 bits per heavy atom. The summed E-state index contributed by atoms with van der Waals surface area (Å²) < 4.78 is 35.0. The van der Waals surface area contributed by atoms with Crippen molar-refractivity contribution in [1.82, 2.24) is 29.5 Å². The van der Waals surface area contributed by atoms with E-state index >= 15 is 0 Å². The fraction of sp³-hybridized carbons (Fsp3) is 0.656. The number of alkyl halides is 2. The maximum atomic E-state index is 13.7. The summed E-state index contributed by atoms with van der Waals surface area (Å²) >= 11 is 0. The van der Waals surface area contributed by atoms with Crippen LogP contribution in [-0.4, -0.2) is 81.3 Å². The standard InChI is InChI=1S/C32H42F2N8O/c1-20(29(2)6-7-29)41-18-30(19-41)16-40(17-30)13-21-4-5-23(25(8-21)43-3)14-42-26-24(12-37-42)38-28(35)39-27(26)36-11-22-9-31(10-22)15-32(31,33)34/h4-5,8,12,20,22H,6-7,9-11,13-19H2,1-3H3,(H3,35,36,38,39). The van der Waals surface area contributed by atoms with Crippen LogP contribution in [0.1, 0.15) is 57.1 Å². The van der Waals surface area contributed by atoms with Crippen LogP contribution in [0.4, 0.5) is 20.5 Å². The van der Waals surface area contributed by atoms with Crippen LogP contribution in [0.5, 0.6) is 5.75 Å². The minimum absolute atomic E-state index is 0.0328. The minimum Gasteiger partial charge on any atom is -0.496 e. The summed E-state index contributed by atoms with van der Waals surface area (Å²) in [5.41, 5.74) is 9.94. The third-order valence-electron chi connectivity index (χ3n) is 11.5. The summed E-state index contributed by atoms with van der Waals surface area (Å²) in [5.74, 6) is -0.714. The zero-order chi connectivity index (χ0) is 29.8. The highest BCUT2D eigenvalue weighted by atomic mass is 19.3. The van der Waals surface area contributed by atoms with Crippen molar-refractivity contribution in [3.63, 3.8) is 0 Å². The van der Waals surface area contributed by atoms with Gasteiger partial charge in [-0.15, -0.1) is 0 Å². The summed E-state index contributed by atoms with van der Waals surface area (Å²) in [6.07, 6.45) is 5.58. The van der Waals surface area contributed by atoms with Gasteiger partial charge < -0.3 is 15.8 Å². The Kier molecular flexibility index (Phi) is 5.90. The molecule has 2 spiro atoms. The lowest BCUT2D eigenvalue weighted by molar-refractivity contribution is -0.138. The molecule has 3 saturated carbocycles. The number of hydrogen-bond acceptors (Lipinski definition) is 8. The molecule has 0 amide bonds. The van der Waals surface area contributed by atoms with Crippen molar-refractivity contribution in [1.29, 1.82) is 0 Å². The van der Waals surface area contributed by atoms with E-state index in [1.807, 2.05) is 4.68 Å². The van der Waals surface area contributed by atoms with E-state index in [0.29, 0.717) is 54.1 Å². The van der Waals surface area contributed by atoms with E-state index in [1.165, 1.54) is 44.6 Å². The van der Waals surface area contributed by atoms with Crippen LogP contribution < -0.4 is 15.8 Å². The fourth-order valence-corrected chi connectivity index (χ4v) is 8.31. The van der Waals surface area contributed by atoms with Crippen LogP contribution in [0.15, 0.2) is 24.4 Å². The van der Waals surface area contributed by atoms with Crippen LogP contribution in [0.2, 0.25) is 0 Å². The van der Waals surface area contributed by atoms with Gasteiger partial charge in [-0.2, -0.15) is 10.1 Å². The van der Waals surface area contributed by atoms with Crippen LogP contribution in [-0.2, 0) is 13.1 Å². The predicted molar refractivity (Wildman–Crippen MR) is 161 cm³/mol. The molecule has 5 fully saturated rings. The highest BCUT2D eigenvalue weighted by Gasteiger charge is 2.75. The summed E-state index contributed by atoms with van der Waals surface area (Å²) in [6, 6.07) is 7.16. The Bertz CT molecular complexity index is 1560. The summed E-state index contributed by atoms with van der Waals surface area (Å²) in [7, 11) is 1.71. The number of aromatic nitrogens is 4. The first-order valence-corrected chi connectivity index (χ1v) is 15.7. The molecule has 2 saturated heterocycles. The first-order chi connectivity index (χ1) is 20.5. The van der Waals surface area contributed by atoms with Gasteiger partial charge in [0.05, 0.1) is 19.9 Å². The van der Waals surface area contributed by atoms with Gasteiger partial charge in [0.2, 0.25) is 5.95 Å². The number of likely N-dealkylation sites (tertiary alicyclic amines) is 2. The number of methoxy groups -OCH3 is 1. The molecule has 8 rings (SSSR count). The first-order valence-electron chi connectivity index (χ1n) is 15.7. The molecule has 2 aliphatic heterocycles. The van der Waals surface area contributed by atoms with Gasteiger partial charge in [0, 0.05) is 68.1 Å². The van der Waals surface area contributed by atoms with E-state index in [1.54, 1.807) is 13.3 Å². The second kappa shape index (κ2) is 9.23. The van der Waals surface area contributed by atoms with Crippen LogP contribution in [0.25, 0.3) is 11.0 Å². The molecule has 5 aliphatic rings. The van der Waals surface area contributed by atoms with Crippen molar-refractivity contribution >= 4 is 22.8 Å². The number of halogens is 2. The first kappa shape index (κ1) is 27.5. The molecule has 9 nitrogen and oxygen atoms in total. The predicted octanol–water partition coefficient (Wildman–Crippen LogP) is 4.62. The maximum absolute atomic E-state index is 13.7. The molecule has 0 bridgehead atoms. The smallest absolute Gasteiger partial charge is 0.254 e. The lowest BCUT2D eigenvalue weighted by Gasteiger charge is -2.62. The Morgan fingerprint density at radius 1 is 1.12 bits per heavy atom. The second-order valence-corrected chi connectivity index (χ2v) is 14.8. The molecule has 1 atom stereocenters. The van der Waals surface area contributed by atoms with Gasteiger partial charge in [-0.1, -0.05) is 19.1 Å². The number of nitrogens with zero attached hydrogens (tertiary/aromatic N) is 6. The van der Waals surface area contributed by atoms with Gasteiger partial charge in [-0.05, 0) is 55.6 Å². The fourth-order valence-electron chi connectivity index (χ4n) is 8.31. The topological polar surface area (TPSA) is 97.4 Å². The molecule has 0 radical (unpaired) electrons. The number of rotatable bonds is 10. The molecule has 3 N–H and O–H groups in total.